The minimum Gasteiger partial charge on any atom is -0.503 e. The van der Waals surface area contributed by atoms with E-state index in [0.29, 0.717) is 6.61 Å². The van der Waals surface area contributed by atoms with Crippen LogP contribution in [-0.2, 0) is 0 Å². The fourth-order valence-corrected chi connectivity index (χ4v) is 0.559. The largest absolute Gasteiger partial charge is 0.503 e. The summed E-state index contributed by atoms with van der Waals surface area (Å²) in [5.41, 5.74) is 5.31. The summed E-state index contributed by atoms with van der Waals surface area (Å²) in [6.07, 6.45) is 1.23. The zero-order valence-corrected chi connectivity index (χ0v) is 5.61. The topological polar surface area (TPSA) is 73.3 Å². The van der Waals surface area contributed by atoms with Crippen LogP contribution in [0.25, 0.3) is 0 Å². The van der Waals surface area contributed by atoms with Crippen molar-refractivity contribution in [3.05, 3.63) is 6.20 Å². The van der Waals surface area contributed by atoms with Gasteiger partial charge in [-0.25, -0.2) is 0 Å². The van der Waals surface area contributed by atoms with E-state index in [2.05, 4.69) is 5.10 Å². The molecule has 56 valence electrons. The average molecular weight is 143 g/mol. The van der Waals surface area contributed by atoms with Gasteiger partial charge in [-0.1, -0.05) is 4.85 Å². The predicted molar refractivity (Wildman–Crippen MR) is 35.4 cm³/mol. The van der Waals surface area contributed by atoms with Crippen molar-refractivity contribution in [2.75, 3.05) is 12.3 Å². The molecule has 0 aliphatic heterocycles. The molecule has 10 heavy (non-hydrogen) atoms. The lowest BCUT2D eigenvalue weighted by Gasteiger charge is -2.01. The Morgan fingerprint density at radius 1 is 1.90 bits per heavy atom. The van der Waals surface area contributed by atoms with Crippen LogP contribution >= 0.6 is 0 Å². The third-order valence-corrected chi connectivity index (χ3v) is 1.00. The van der Waals surface area contributed by atoms with E-state index >= 15 is 0 Å². The van der Waals surface area contributed by atoms with Crippen molar-refractivity contribution in [2.45, 2.75) is 6.92 Å². The van der Waals surface area contributed by atoms with Crippen LogP contribution in [0.2, 0.25) is 0 Å². The molecule has 5 nitrogen and oxygen atoms in total. The third kappa shape index (κ3) is 0.975. The number of anilines is 1. The Morgan fingerprint density at radius 2 is 2.60 bits per heavy atom. The highest BCUT2D eigenvalue weighted by molar-refractivity contribution is 5.42. The van der Waals surface area contributed by atoms with E-state index in [1.165, 1.54) is 6.20 Å². The summed E-state index contributed by atoms with van der Waals surface area (Å²) in [4.78, 5) is 5.96. The minimum absolute atomic E-state index is 0.0616. The molecule has 1 rings (SSSR count). The number of nitrogens with zero attached hydrogens (tertiary/aromatic N) is 2. The zero-order valence-electron chi connectivity index (χ0n) is 5.61. The Bertz CT molecular complexity index is 221. The molecule has 0 saturated carbocycles. The number of nitrogen functional groups attached to an aromatic ring is 1. The second-order valence-electron chi connectivity index (χ2n) is 1.71. The Hall–Kier alpha value is -1.39. The van der Waals surface area contributed by atoms with Gasteiger partial charge in [0.2, 0.25) is 5.82 Å². The number of aromatic hydroxyl groups is 1. The van der Waals surface area contributed by atoms with E-state index in [9.17, 15) is 0 Å². The molecule has 1 aromatic rings. The van der Waals surface area contributed by atoms with Crippen LogP contribution in [0.4, 0.5) is 5.82 Å². The van der Waals surface area contributed by atoms with Gasteiger partial charge in [-0.15, -0.1) is 5.10 Å². The van der Waals surface area contributed by atoms with Gasteiger partial charge < -0.3 is 15.7 Å². The summed E-state index contributed by atoms with van der Waals surface area (Å²) in [6.45, 7) is 2.27. The molecule has 1 aromatic heterocycles. The Balaban J connectivity index is 2.83. The highest BCUT2D eigenvalue weighted by atomic mass is 16.7. The quantitative estimate of drug-likeness (QED) is 0.591. The molecule has 0 atom stereocenters. The van der Waals surface area contributed by atoms with Crippen LogP contribution in [0, 0.1) is 0 Å². The van der Waals surface area contributed by atoms with Gasteiger partial charge in [0.1, 0.15) is 6.61 Å². The van der Waals surface area contributed by atoms with Crippen LogP contribution in [0.15, 0.2) is 6.20 Å². The summed E-state index contributed by atoms with van der Waals surface area (Å²) in [7, 11) is 0. The molecule has 0 aliphatic rings. The van der Waals surface area contributed by atoms with Crippen LogP contribution < -0.4 is 10.6 Å². The van der Waals surface area contributed by atoms with Crippen molar-refractivity contribution in [3.8, 4) is 5.75 Å². The fourth-order valence-electron chi connectivity index (χ4n) is 0.559. The first-order valence-electron chi connectivity index (χ1n) is 2.91. The van der Waals surface area contributed by atoms with E-state index in [0.717, 1.165) is 4.85 Å². The van der Waals surface area contributed by atoms with Crippen LogP contribution in [0.1, 0.15) is 6.92 Å². The van der Waals surface area contributed by atoms with Gasteiger partial charge in [0.05, 0.1) is 6.20 Å². The van der Waals surface area contributed by atoms with E-state index in [4.69, 9.17) is 15.7 Å². The van der Waals surface area contributed by atoms with Gasteiger partial charge in [0, 0.05) is 0 Å². The number of aromatic nitrogens is 2. The van der Waals surface area contributed by atoms with E-state index in [1.54, 1.807) is 6.92 Å². The summed E-state index contributed by atoms with van der Waals surface area (Å²) in [5, 5.41) is 12.5. The molecule has 5 heteroatoms. The van der Waals surface area contributed by atoms with Crippen molar-refractivity contribution in [3.63, 3.8) is 0 Å². The number of rotatable bonds is 2. The third-order valence-electron chi connectivity index (χ3n) is 1.00. The minimum atomic E-state index is -0.0616. The SMILES string of the molecule is CCOn1ncc(O)c1N. The highest BCUT2D eigenvalue weighted by Gasteiger charge is 2.03. The molecular formula is C5H9N3O2. The average Bonchev–Trinajstić information content (AvgIpc) is 2.20. The molecule has 3 N–H and O–H groups in total. The maximum atomic E-state index is 8.88. The number of hydrogen-bond donors (Lipinski definition) is 2. The smallest absolute Gasteiger partial charge is 0.205 e. The lowest BCUT2D eigenvalue weighted by Crippen LogP contribution is -2.14. The monoisotopic (exact) mass is 143 g/mol. The maximum absolute atomic E-state index is 8.88. The van der Waals surface area contributed by atoms with Gasteiger partial charge in [-0.2, -0.15) is 0 Å². The summed E-state index contributed by atoms with van der Waals surface area (Å²) < 4.78 is 0. The second-order valence-corrected chi connectivity index (χ2v) is 1.71. The number of nitrogens with two attached hydrogens (primary N) is 1. The summed E-state index contributed by atoms with van der Waals surface area (Å²) >= 11 is 0. The molecule has 0 aromatic carbocycles. The van der Waals surface area contributed by atoms with Gasteiger partial charge in [0.25, 0.3) is 0 Å². The summed E-state index contributed by atoms with van der Waals surface area (Å²) in [6, 6.07) is 0. The van der Waals surface area contributed by atoms with E-state index < -0.39 is 0 Å². The molecule has 0 spiro atoms. The van der Waals surface area contributed by atoms with Crippen LogP contribution in [-0.4, -0.2) is 21.7 Å². The van der Waals surface area contributed by atoms with Crippen LogP contribution in [0.5, 0.6) is 5.75 Å². The Kier molecular flexibility index (Phi) is 1.66. The first-order chi connectivity index (χ1) is 4.75. The fraction of sp³-hybridized carbons (Fsp3) is 0.400. The maximum Gasteiger partial charge on any atom is 0.205 e. The van der Waals surface area contributed by atoms with Crippen molar-refractivity contribution >= 4 is 5.82 Å². The summed E-state index contributed by atoms with van der Waals surface area (Å²) in [5.74, 6) is 0.0651. The Labute approximate surface area is 58.0 Å². The van der Waals surface area contributed by atoms with Gasteiger partial charge in [-0.3, -0.25) is 0 Å². The van der Waals surface area contributed by atoms with E-state index in [1.807, 2.05) is 0 Å². The molecule has 0 fully saturated rings. The molecule has 0 aliphatic carbocycles. The first kappa shape index (κ1) is 6.73. The van der Waals surface area contributed by atoms with Crippen molar-refractivity contribution in [2.24, 2.45) is 0 Å². The van der Waals surface area contributed by atoms with Crippen molar-refractivity contribution < 1.29 is 9.94 Å². The van der Waals surface area contributed by atoms with Gasteiger partial charge in [-0.05, 0) is 6.92 Å². The van der Waals surface area contributed by atoms with Crippen molar-refractivity contribution in [1.29, 1.82) is 0 Å². The zero-order chi connectivity index (χ0) is 7.56. The molecule has 0 radical (unpaired) electrons. The molecule has 1 heterocycles. The van der Waals surface area contributed by atoms with Gasteiger partial charge >= 0.3 is 0 Å². The molecule has 0 saturated heterocycles. The highest BCUT2D eigenvalue weighted by Crippen LogP contribution is 2.15. The molecule has 0 unspecified atom stereocenters. The standard InChI is InChI=1S/C5H9N3O2/c1-2-10-8-5(6)4(9)3-7-8/h3,9H,2,6H2,1H3. The molecular weight excluding hydrogens is 134 g/mol. The molecule has 0 bridgehead atoms. The lowest BCUT2D eigenvalue weighted by molar-refractivity contribution is 0.0974. The number of hydrogen-bond acceptors (Lipinski definition) is 4. The lowest BCUT2D eigenvalue weighted by atomic mass is 10.6. The normalized spacial score (nSPS) is 9.70. The Morgan fingerprint density at radius 3 is 3.00 bits per heavy atom. The van der Waals surface area contributed by atoms with Gasteiger partial charge in [0.15, 0.2) is 5.75 Å². The first-order valence-corrected chi connectivity index (χ1v) is 2.91. The van der Waals surface area contributed by atoms with E-state index in [-0.39, 0.29) is 11.6 Å². The van der Waals surface area contributed by atoms with Crippen molar-refractivity contribution in [1.82, 2.24) is 9.94 Å². The predicted octanol–water partition coefficient (Wildman–Crippen LogP) is -0.381. The second kappa shape index (κ2) is 2.47. The van der Waals surface area contributed by atoms with Crippen LogP contribution in [0.3, 0.4) is 0 Å². The molecule has 0 amide bonds.